The molecule has 1 amide bonds. The van der Waals surface area contributed by atoms with Crippen LogP contribution in [0.15, 0.2) is 77.7 Å². The second kappa shape index (κ2) is 7.90. The predicted octanol–water partition coefficient (Wildman–Crippen LogP) is 3.69. The number of nitrogens with zero attached hydrogens (tertiary/aromatic N) is 5. The molecule has 3 heterocycles. The molecule has 0 bridgehead atoms. The molecule has 5 rings (SSSR count). The SMILES string of the molecule is Cc1c(NC(=O)c2cc(-c3ccccc3)nc3c2cnn3C)c(=O)n(-c2ccccc2)n1C. The maximum Gasteiger partial charge on any atom is 0.295 e. The first-order valence-corrected chi connectivity index (χ1v) is 10.5. The van der Waals surface area contributed by atoms with Gasteiger partial charge in [0.15, 0.2) is 5.65 Å². The fourth-order valence-electron chi connectivity index (χ4n) is 3.95. The number of aryl methyl sites for hydroxylation is 1. The van der Waals surface area contributed by atoms with Gasteiger partial charge in [-0.15, -0.1) is 0 Å². The Morgan fingerprint density at radius 3 is 2.33 bits per heavy atom. The quantitative estimate of drug-likeness (QED) is 0.464. The number of fused-ring (bicyclic) bond motifs is 1. The molecule has 5 aromatic rings. The molecular weight excluding hydrogens is 416 g/mol. The highest BCUT2D eigenvalue weighted by Gasteiger charge is 2.22. The predicted molar refractivity (Wildman–Crippen MR) is 128 cm³/mol. The molecule has 0 unspecified atom stereocenters. The molecule has 0 spiro atoms. The molecule has 0 atom stereocenters. The highest BCUT2D eigenvalue weighted by atomic mass is 16.2. The number of hydrogen-bond donors (Lipinski definition) is 1. The number of carbonyl (C=O) groups excluding carboxylic acids is 1. The highest BCUT2D eigenvalue weighted by Crippen LogP contribution is 2.25. The third kappa shape index (κ3) is 3.41. The highest BCUT2D eigenvalue weighted by molar-refractivity contribution is 6.12. The zero-order valence-corrected chi connectivity index (χ0v) is 18.5. The van der Waals surface area contributed by atoms with Crippen molar-refractivity contribution in [1.29, 1.82) is 0 Å². The Kier molecular flexibility index (Phi) is 4.90. The standard InChI is InChI=1S/C25H22N6O2/c1-16-22(25(33)31(30(16)3)18-12-8-5-9-13-18)28-24(32)19-14-21(17-10-6-4-7-11-17)27-23-20(19)15-26-29(23)2/h4-15H,1-3H3,(H,28,32). The van der Waals surface area contributed by atoms with Gasteiger partial charge in [0.05, 0.1) is 34.2 Å². The number of para-hydroxylation sites is 1. The van der Waals surface area contributed by atoms with Crippen LogP contribution in [0.2, 0.25) is 0 Å². The Labute approximate surface area is 189 Å². The summed E-state index contributed by atoms with van der Waals surface area (Å²) < 4.78 is 4.90. The number of carbonyl (C=O) groups is 1. The zero-order chi connectivity index (χ0) is 23.1. The smallest absolute Gasteiger partial charge is 0.295 e. The van der Waals surface area contributed by atoms with Crippen molar-refractivity contribution in [3.63, 3.8) is 0 Å². The van der Waals surface area contributed by atoms with Crippen LogP contribution in [0.5, 0.6) is 0 Å². The van der Waals surface area contributed by atoms with Gasteiger partial charge in [-0.2, -0.15) is 5.10 Å². The lowest BCUT2D eigenvalue weighted by atomic mass is 10.1. The first-order valence-electron chi connectivity index (χ1n) is 10.5. The molecule has 0 aliphatic carbocycles. The topological polar surface area (TPSA) is 86.7 Å². The minimum Gasteiger partial charge on any atom is -0.316 e. The van der Waals surface area contributed by atoms with Crippen LogP contribution < -0.4 is 10.9 Å². The summed E-state index contributed by atoms with van der Waals surface area (Å²) in [6.45, 7) is 1.80. The average Bonchev–Trinajstić information content (AvgIpc) is 3.32. The van der Waals surface area contributed by atoms with Crippen LogP contribution in [0.25, 0.3) is 28.0 Å². The normalized spacial score (nSPS) is 11.1. The van der Waals surface area contributed by atoms with E-state index in [9.17, 15) is 9.59 Å². The van der Waals surface area contributed by atoms with Crippen LogP contribution in [0.3, 0.4) is 0 Å². The number of rotatable bonds is 4. The number of nitrogens with one attached hydrogen (secondary N) is 1. The van der Waals surface area contributed by atoms with Crippen LogP contribution in [0, 0.1) is 6.92 Å². The molecule has 0 saturated heterocycles. The Balaban J connectivity index is 1.61. The molecule has 0 saturated carbocycles. The van der Waals surface area contributed by atoms with E-state index in [1.54, 1.807) is 42.6 Å². The fourth-order valence-corrected chi connectivity index (χ4v) is 3.95. The molecule has 0 aliphatic heterocycles. The first kappa shape index (κ1) is 20.4. The van der Waals surface area contributed by atoms with E-state index in [4.69, 9.17) is 4.98 Å². The van der Waals surface area contributed by atoms with E-state index in [0.29, 0.717) is 28.0 Å². The van der Waals surface area contributed by atoms with Gasteiger partial charge in [0, 0.05) is 19.7 Å². The molecule has 164 valence electrons. The van der Waals surface area contributed by atoms with Crippen LogP contribution in [-0.2, 0) is 14.1 Å². The van der Waals surface area contributed by atoms with Crippen LogP contribution in [0.1, 0.15) is 16.1 Å². The molecule has 2 aromatic carbocycles. The maximum atomic E-state index is 13.4. The average molecular weight is 438 g/mol. The van der Waals surface area contributed by atoms with Crippen molar-refractivity contribution in [1.82, 2.24) is 24.1 Å². The summed E-state index contributed by atoms with van der Waals surface area (Å²) >= 11 is 0. The van der Waals surface area contributed by atoms with Gasteiger partial charge in [0.1, 0.15) is 5.69 Å². The Morgan fingerprint density at radius 2 is 1.64 bits per heavy atom. The first-order chi connectivity index (χ1) is 16.0. The van der Waals surface area contributed by atoms with Gasteiger partial charge in [-0.3, -0.25) is 19.0 Å². The minimum atomic E-state index is -0.390. The monoisotopic (exact) mass is 438 g/mol. The van der Waals surface area contributed by atoms with E-state index in [1.807, 2.05) is 60.7 Å². The molecule has 8 nitrogen and oxygen atoms in total. The van der Waals surface area contributed by atoms with Gasteiger partial charge in [-0.25, -0.2) is 9.67 Å². The minimum absolute atomic E-state index is 0.237. The molecule has 8 heteroatoms. The van der Waals surface area contributed by atoms with Crippen molar-refractivity contribution in [2.75, 3.05) is 5.32 Å². The summed E-state index contributed by atoms with van der Waals surface area (Å²) in [5, 5.41) is 7.74. The second-order valence-electron chi connectivity index (χ2n) is 7.82. The lowest BCUT2D eigenvalue weighted by Crippen LogP contribution is -2.23. The van der Waals surface area contributed by atoms with Crippen LogP contribution in [-0.4, -0.2) is 30.0 Å². The van der Waals surface area contributed by atoms with Crippen molar-refractivity contribution in [3.05, 3.63) is 94.5 Å². The number of aromatic nitrogens is 5. The second-order valence-corrected chi connectivity index (χ2v) is 7.82. The fraction of sp³-hybridized carbons (Fsp3) is 0.120. The van der Waals surface area contributed by atoms with E-state index >= 15 is 0 Å². The summed E-state index contributed by atoms with van der Waals surface area (Å²) in [6.07, 6.45) is 1.62. The lowest BCUT2D eigenvalue weighted by Gasteiger charge is -2.08. The summed E-state index contributed by atoms with van der Waals surface area (Å²) in [6, 6.07) is 20.7. The molecule has 33 heavy (non-hydrogen) atoms. The Morgan fingerprint density at radius 1 is 0.970 bits per heavy atom. The van der Waals surface area contributed by atoms with E-state index in [2.05, 4.69) is 10.4 Å². The molecule has 1 N–H and O–H groups in total. The van der Waals surface area contributed by atoms with Crippen molar-refractivity contribution in [3.8, 4) is 16.9 Å². The van der Waals surface area contributed by atoms with Crippen molar-refractivity contribution >= 4 is 22.6 Å². The van der Waals surface area contributed by atoms with E-state index < -0.39 is 5.91 Å². The summed E-state index contributed by atoms with van der Waals surface area (Å²) in [5.41, 5.74) is 3.85. The van der Waals surface area contributed by atoms with E-state index in [0.717, 1.165) is 11.3 Å². The number of amides is 1. The van der Waals surface area contributed by atoms with Gasteiger partial charge in [-0.1, -0.05) is 48.5 Å². The van der Waals surface area contributed by atoms with Crippen molar-refractivity contribution in [2.24, 2.45) is 14.1 Å². The lowest BCUT2D eigenvalue weighted by molar-refractivity contribution is 0.102. The van der Waals surface area contributed by atoms with Crippen LogP contribution in [0.4, 0.5) is 5.69 Å². The number of hydrogen-bond acceptors (Lipinski definition) is 4. The van der Waals surface area contributed by atoms with Gasteiger partial charge >= 0.3 is 0 Å². The van der Waals surface area contributed by atoms with Gasteiger partial charge in [-0.05, 0) is 25.1 Å². The molecular formula is C25H22N6O2. The van der Waals surface area contributed by atoms with Crippen LogP contribution >= 0.6 is 0 Å². The van der Waals surface area contributed by atoms with Crippen molar-refractivity contribution < 1.29 is 4.79 Å². The Hall–Kier alpha value is -4.46. The Bertz CT molecular complexity index is 1550. The number of benzene rings is 2. The summed E-state index contributed by atoms with van der Waals surface area (Å²) in [7, 11) is 3.57. The van der Waals surface area contributed by atoms with Crippen molar-refractivity contribution in [2.45, 2.75) is 6.92 Å². The largest absolute Gasteiger partial charge is 0.316 e. The zero-order valence-electron chi connectivity index (χ0n) is 18.5. The molecule has 3 aromatic heterocycles. The molecule has 0 fully saturated rings. The van der Waals surface area contributed by atoms with E-state index in [1.165, 1.54) is 4.68 Å². The van der Waals surface area contributed by atoms with Gasteiger partial charge < -0.3 is 5.32 Å². The van der Waals surface area contributed by atoms with Gasteiger partial charge in [0.2, 0.25) is 0 Å². The molecule has 0 radical (unpaired) electrons. The number of pyridine rings is 1. The third-order valence-corrected chi connectivity index (χ3v) is 5.81. The van der Waals surface area contributed by atoms with E-state index in [-0.39, 0.29) is 11.2 Å². The third-order valence-electron chi connectivity index (χ3n) is 5.81. The number of anilines is 1. The molecule has 0 aliphatic rings. The maximum absolute atomic E-state index is 13.4. The summed E-state index contributed by atoms with van der Waals surface area (Å²) in [4.78, 5) is 31.4. The summed E-state index contributed by atoms with van der Waals surface area (Å²) in [5.74, 6) is -0.390. The van der Waals surface area contributed by atoms with Gasteiger partial charge in [0.25, 0.3) is 11.5 Å².